The van der Waals surface area contributed by atoms with E-state index < -0.39 is 12.0 Å². The van der Waals surface area contributed by atoms with Gasteiger partial charge in [0.05, 0.1) is 9.61 Å². The van der Waals surface area contributed by atoms with Gasteiger partial charge in [0.2, 0.25) is 5.95 Å². The summed E-state index contributed by atoms with van der Waals surface area (Å²) < 4.78 is 15.2. The lowest BCUT2D eigenvalue weighted by Gasteiger charge is -2.29. The maximum atomic E-state index is 13.1. The molecule has 0 aromatic carbocycles. The van der Waals surface area contributed by atoms with Crippen molar-refractivity contribution in [2.24, 2.45) is 0 Å². The lowest BCUT2D eigenvalue weighted by molar-refractivity contribution is 0.123. The molecule has 1 saturated heterocycles. The maximum Gasteiger partial charge on any atom is 0.407 e. The van der Waals surface area contributed by atoms with Crippen molar-refractivity contribution in [2.75, 3.05) is 13.1 Å². The van der Waals surface area contributed by atoms with E-state index in [1.807, 2.05) is 22.6 Å². The first-order chi connectivity index (χ1) is 7.58. The van der Waals surface area contributed by atoms with Crippen molar-refractivity contribution in [3.05, 3.63) is 15.7 Å². The third-order valence-corrected chi connectivity index (χ3v) is 3.48. The van der Waals surface area contributed by atoms with Crippen LogP contribution in [0.5, 0.6) is 0 Å². The lowest BCUT2D eigenvalue weighted by atomic mass is 10.1. The van der Waals surface area contributed by atoms with Gasteiger partial charge in [-0.05, 0) is 35.4 Å². The van der Waals surface area contributed by atoms with Gasteiger partial charge >= 0.3 is 6.09 Å². The monoisotopic (exact) mass is 339 g/mol. The standard InChI is InChI=1S/C9H11FIN3O2/c10-8-7(11)5-14(12-8)6-1-3-13(4-2-6)9(15)16/h5-6H,1-4H2,(H,15,16). The summed E-state index contributed by atoms with van der Waals surface area (Å²) in [5, 5.41) is 12.6. The minimum absolute atomic E-state index is 0.105. The number of piperidine rings is 1. The topological polar surface area (TPSA) is 58.4 Å². The normalized spacial score (nSPS) is 17.8. The highest BCUT2D eigenvalue weighted by atomic mass is 127. The van der Waals surface area contributed by atoms with Crippen LogP contribution < -0.4 is 0 Å². The molecule has 0 radical (unpaired) electrons. The van der Waals surface area contributed by atoms with Crippen LogP contribution in [0.2, 0.25) is 0 Å². The SMILES string of the molecule is O=C(O)N1CCC(n2cc(I)c(F)n2)CC1. The molecule has 0 atom stereocenters. The number of hydrogen-bond donors (Lipinski definition) is 1. The lowest BCUT2D eigenvalue weighted by Crippen LogP contribution is -2.38. The van der Waals surface area contributed by atoms with Gasteiger partial charge in [0.1, 0.15) is 0 Å². The molecule has 2 rings (SSSR count). The number of halogens is 2. The Morgan fingerprint density at radius 2 is 2.19 bits per heavy atom. The van der Waals surface area contributed by atoms with Crippen molar-refractivity contribution in [1.29, 1.82) is 0 Å². The van der Waals surface area contributed by atoms with Crippen molar-refractivity contribution < 1.29 is 14.3 Å². The van der Waals surface area contributed by atoms with E-state index in [0.717, 1.165) is 0 Å². The molecule has 0 saturated carbocycles. The van der Waals surface area contributed by atoms with E-state index in [9.17, 15) is 9.18 Å². The zero-order chi connectivity index (χ0) is 11.7. The molecule has 1 amide bonds. The Kier molecular flexibility index (Phi) is 3.31. The van der Waals surface area contributed by atoms with Gasteiger partial charge in [-0.1, -0.05) is 0 Å². The maximum absolute atomic E-state index is 13.1. The smallest absolute Gasteiger partial charge is 0.407 e. The molecule has 2 heterocycles. The predicted molar refractivity (Wildman–Crippen MR) is 62.8 cm³/mol. The number of likely N-dealkylation sites (tertiary alicyclic amines) is 1. The average Bonchev–Trinajstić information content (AvgIpc) is 2.59. The number of carbonyl (C=O) groups is 1. The Hall–Kier alpha value is -0.860. The van der Waals surface area contributed by atoms with Crippen LogP contribution in [0.4, 0.5) is 9.18 Å². The van der Waals surface area contributed by atoms with E-state index in [1.54, 1.807) is 10.9 Å². The van der Waals surface area contributed by atoms with Crippen LogP contribution in [0.3, 0.4) is 0 Å². The molecular weight excluding hydrogens is 328 g/mol. The first kappa shape index (κ1) is 11.6. The average molecular weight is 339 g/mol. The first-order valence-corrected chi connectivity index (χ1v) is 6.04. The minimum Gasteiger partial charge on any atom is -0.465 e. The number of aromatic nitrogens is 2. The van der Waals surface area contributed by atoms with Gasteiger partial charge < -0.3 is 10.0 Å². The first-order valence-electron chi connectivity index (χ1n) is 4.96. The summed E-state index contributed by atoms with van der Waals surface area (Å²) in [6, 6.07) is 0.105. The number of carboxylic acid groups (broad SMARTS) is 1. The number of nitrogens with zero attached hydrogens (tertiary/aromatic N) is 3. The van der Waals surface area contributed by atoms with Crippen molar-refractivity contribution in [3.63, 3.8) is 0 Å². The molecule has 16 heavy (non-hydrogen) atoms. The van der Waals surface area contributed by atoms with Crippen molar-refractivity contribution in [1.82, 2.24) is 14.7 Å². The largest absolute Gasteiger partial charge is 0.465 e. The zero-order valence-electron chi connectivity index (χ0n) is 8.44. The molecule has 0 unspecified atom stereocenters. The van der Waals surface area contributed by atoms with Gasteiger partial charge in [-0.25, -0.2) is 4.79 Å². The highest BCUT2D eigenvalue weighted by Crippen LogP contribution is 2.23. The minimum atomic E-state index is -0.889. The van der Waals surface area contributed by atoms with Gasteiger partial charge in [0.25, 0.3) is 0 Å². The molecule has 88 valence electrons. The molecular formula is C9H11FIN3O2. The van der Waals surface area contributed by atoms with Crippen LogP contribution in [0.1, 0.15) is 18.9 Å². The fourth-order valence-corrected chi connectivity index (χ4v) is 2.25. The molecule has 1 aliphatic rings. The van der Waals surface area contributed by atoms with E-state index in [4.69, 9.17) is 5.11 Å². The third kappa shape index (κ3) is 2.28. The Bertz CT molecular complexity index is 382. The van der Waals surface area contributed by atoms with Crippen LogP contribution >= 0.6 is 22.6 Å². The second kappa shape index (κ2) is 4.56. The molecule has 7 heteroatoms. The number of rotatable bonds is 1. The summed E-state index contributed by atoms with van der Waals surface area (Å²) in [5.74, 6) is -0.457. The molecule has 1 aliphatic heterocycles. The second-order valence-electron chi connectivity index (χ2n) is 3.75. The molecule has 1 fully saturated rings. The molecule has 5 nitrogen and oxygen atoms in total. The van der Waals surface area contributed by atoms with Crippen LogP contribution in [-0.2, 0) is 0 Å². The molecule has 0 spiro atoms. The molecule has 1 N–H and O–H groups in total. The van der Waals surface area contributed by atoms with Crippen LogP contribution in [0, 0.1) is 9.52 Å². The fourth-order valence-electron chi connectivity index (χ4n) is 1.86. The Labute approximate surface area is 105 Å². The van der Waals surface area contributed by atoms with Crippen LogP contribution in [0.25, 0.3) is 0 Å². The van der Waals surface area contributed by atoms with E-state index in [2.05, 4.69) is 5.10 Å². The van der Waals surface area contributed by atoms with E-state index in [1.165, 1.54) is 4.90 Å². The molecule has 0 aliphatic carbocycles. The summed E-state index contributed by atoms with van der Waals surface area (Å²) >= 11 is 1.89. The van der Waals surface area contributed by atoms with Gasteiger partial charge in [-0.2, -0.15) is 4.39 Å². The molecule has 1 aromatic heterocycles. The summed E-state index contributed by atoms with van der Waals surface area (Å²) in [6.07, 6.45) is 2.14. The van der Waals surface area contributed by atoms with Crippen LogP contribution in [-0.4, -0.2) is 39.0 Å². The number of hydrogen-bond acceptors (Lipinski definition) is 2. The molecule has 0 bridgehead atoms. The van der Waals surface area contributed by atoms with E-state index >= 15 is 0 Å². The summed E-state index contributed by atoms with van der Waals surface area (Å²) in [4.78, 5) is 12.1. The highest BCUT2D eigenvalue weighted by Gasteiger charge is 2.24. The van der Waals surface area contributed by atoms with Gasteiger partial charge in [-0.3, -0.25) is 4.68 Å². The Morgan fingerprint density at radius 3 is 2.62 bits per heavy atom. The predicted octanol–water partition coefficient (Wildman–Crippen LogP) is 1.94. The van der Waals surface area contributed by atoms with Crippen molar-refractivity contribution >= 4 is 28.7 Å². The van der Waals surface area contributed by atoms with Gasteiger partial charge in [0, 0.05) is 19.3 Å². The quantitative estimate of drug-likeness (QED) is 0.796. The summed E-state index contributed by atoms with van der Waals surface area (Å²) in [6.45, 7) is 0.968. The summed E-state index contributed by atoms with van der Waals surface area (Å²) in [5.41, 5.74) is 0. The van der Waals surface area contributed by atoms with Crippen LogP contribution in [0.15, 0.2) is 6.20 Å². The van der Waals surface area contributed by atoms with Crippen molar-refractivity contribution in [2.45, 2.75) is 18.9 Å². The number of amides is 1. The van der Waals surface area contributed by atoms with E-state index in [0.29, 0.717) is 29.5 Å². The summed E-state index contributed by atoms with van der Waals surface area (Å²) in [7, 11) is 0. The van der Waals surface area contributed by atoms with E-state index in [-0.39, 0.29) is 6.04 Å². The Balaban J connectivity index is 2.01. The third-order valence-electron chi connectivity index (χ3n) is 2.76. The van der Waals surface area contributed by atoms with Gasteiger partial charge in [-0.15, -0.1) is 5.10 Å². The van der Waals surface area contributed by atoms with Gasteiger partial charge in [0.15, 0.2) is 0 Å². The second-order valence-corrected chi connectivity index (χ2v) is 4.91. The highest BCUT2D eigenvalue weighted by molar-refractivity contribution is 14.1. The van der Waals surface area contributed by atoms with Crippen molar-refractivity contribution in [3.8, 4) is 0 Å². The molecule has 1 aromatic rings. The Morgan fingerprint density at radius 1 is 1.56 bits per heavy atom. The fraction of sp³-hybridized carbons (Fsp3) is 0.556. The zero-order valence-corrected chi connectivity index (χ0v) is 10.6.